The fourth-order valence-corrected chi connectivity index (χ4v) is 1.28. The summed E-state index contributed by atoms with van der Waals surface area (Å²) in [5.74, 6) is 0. The van der Waals surface area contributed by atoms with Crippen LogP contribution in [0.4, 0.5) is 0 Å². The van der Waals surface area contributed by atoms with Crippen LogP contribution in [0, 0.1) is 6.92 Å². The molecule has 78 valence electrons. The van der Waals surface area contributed by atoms with Gasteiger partial charge in [-0.05, 0) is 32.3 Å². The molecule has 4 nitrogen and oxygen atoms in total. The van der Waals surface area contributed by atoms with Gasteiger partial charge in [0, 0.05) is 18.9 Å². The van der Waals surface area contributed by atoms with Crippen LogP contribution < -0.4 is 5.69 Å². The molecule has 0 spiro atoms. The van der Waals surface area contributed by atoms with Crippen LogP contribution >= 0.6 is 0 Å². The SMILES string of the molecule is Cc1cnc(=O)n(CCCC(C)O)c1. The van der Waals surface area contributed by atoms with Gasteiger partial charge in [-0.1, -0.05) is 0 Å². The molecular weight excluding hydrogens is 180 g/mol. The van der Waals surface area contributed by atoms with E-state index in [1.165, 1.54) is 0 Å². The molecule has 1 rings (SSSR count). The van der Waals surface area contributed by atoms with E-state index < -0.39 is 0 Å². The van der Waals surface area contributed by atoms with Crippen molar-refractivity contribution in [2.24, 2.45) is 0 Å². The average Bonchev–Trinajstić information content (AvgIpc) is 2.10. The first kappa shape index (κ1) is 10.9. The summed E-state index contributed by atoms with van der Waals surface area (Å²) in [4.78, 5) is 15.0. The lowest BCUT2D eigenvalue weighted by Crippen LogP contribution is -2.22. The van der Waals surface area contributed by atoms with E-state index in [4.69, 9.17) is 5.11 Å². The molecule has 0 fully saturated rings. The summed E-state index contributed by atoms with van der Waals surface area (Å²) in [5.41, 5.74) is 0.753. The Hall–Kier alpha value is -1.16. The highest BCUT2D eigenvalue weighted by Crippen LogP contribution is 1.98. The monoisotopic (exact) mass is 196 g/mol. The van der Waals surface area contributed by atoms with Crippen molar-refractivity contribution in [1.82, 2.24) is 9.55 Å². The van der Waals surface area contributed by atoms with Crippen LogP contribution in [0.2, 0.25) is 0 Å². The fourth-order valence-electron chi connectivity index (χ4n) is 1.28. The van der Waals surface area contributed by atoms with Crippen LogP contribution in [0.15, 0.2) is 17.2 Å². The second-order valence-corrected chi connectivity index (χ2v) is 3.60. The lowest BCUT2D eigenvalue weighted by Gasteiger charge is -2.06. The largest absolute Gasteiger partial charge is 0.393 e. The van der Waals surface area contributed by atoms with E-state index in [1.54, 1.807) is 23.9 Å². The number of nitrogens with zero attached hydrogens (tertiary/aromatic N) is 2. The van der Waals surface area contributed by atoms with Crippen molar-refractivity contribution in [2.75, 3.05) is 0 Å². The number of hydrogen-bond acceptors (Lipinski definition) is 3. The van der Waals surface area contributed by atoms with Crippen molar-refractivity contribution >= 4 is 0 Å². The van der Waals surface area contributed by atoms with Crippen LogP contribution in [0.5, 0.6) is 0 Å². The molecule has 1 heterocycles. The van der Waals surface area contributed by atoms with Crippen LogP contribution in [-0.4, -0.2) is 20.8 Å². The minimum atomic E-state index is -0.302. The van der Waals surface area contributed by atoms with Crippen LogP contribution in [0.25, 0.3) is 0 Å². The first-order valence-corrected chi connectivity index (χ1v) is 4.81. The van der Waals surface area contributed by atoms with Gasteiger partial charge >= 0.3 is 5.69 Å². The number of aliphatic hydroxyl groups excluding tert-OH is 1. The molecule has 1 atom stereocenters. The van der Waals surface area contributed by atoms with Crippen LogP contribution in [0.1, 0.15) is 25.3 Å². The Labute approximate surface area is 83.2 Å². The normalized spacial score (nSPS) is 12.8. The van der Waals surface area contributed by atoms with Crippen molar-refractivity contribution in [3.05, 3.63) is 28.4 Å². The summed E-state index contributed by atoms with van der Waals surface area (Å²) >= 11 is 0. The van der Waals surface area contributed by atoms with E-state index in [9.17, 15) is 4.79 Å². The van der Waals surface area contributed by atoms with Gasteiger partial charge in [0.2, 0.25) is 0 Å². The zero-order valence-corrected chi connectivity index (χ0v) is 8.60. The second-order valence-electron chi connectivity index (χ2n) is 3.60. The first-order valence-electron chi connectivity index (χ1n) is 4.81. The van der Waals surface area contributed by atoms with E-state index in [0.717, 1.165) is 12.0 Å². The van der Waals surface area contributed by atoms with Gasteiger partial charge in [-0.2, -0.15) is 0 Å². The molecule has 0 aliphatic heterocycles. The fraction of sp³-hybridized carbons (Fsp3) is 0.600. The van der Waals surface area contributed by atoms with E-state index in [2.05, 4.69) is 4.98 Å². The lowest BCUT2D eigenvalue weighted by molar-refractivity contribution is 0.179. The van der Waals surface area contributed by atoms with Crippen LogP contribution in [0.3, 0.4) is 0 Å². The first-order chi connectivity index (χ1) is 6.59. The minimum absolute atomic E-state index is 0.221. The third kappa shape index (κ3) is 3.30. The molecule has 0 aliphatic rings. The molecule has 4 heteroatoms. The van der Waals surface area contributed by atoms with Gasteiger partial charge in [0.1, 0.15) is 0 Å². The number of aliphatic hydroxyl groups is 1. The molecule has 1 aromatic rings. The van der Waals surface area contributed by atoms with Crippen molar-refractivity contribution in [2.45, 2.75) is 39.3 Å². The van der Waals surface area contributed by atoms with E-state index in [-0.39, 0.29) is 11.8 Å². The van der Waals surface area contributed by atoms with E-state index >= 15 is 0 Å². The third-order valence-corrected chi connectivity index (χ3v) is 2.00. The maximum Gasteiger partial charge on any atom is 0.347 e. The second kappa shape index (κ2) is 4.91. The molecule has 1 N–H and O–H groups in total. The lowest BCUT2D eigenvalue weighted by atomic mass is 10.2. The summed E-state index contributed by atoms with van der Waals surface area (Å²) in [6.45, 7) is 4.27. The predicted molar refractivity (Wildman–Crippen MR) is 54.1 cm³/mol. The maximum atomic E-state index is 11.2. The molecule has 1 unspecified atom stereocenters. The number of rotatable bonds is 4. The van der Waals surface area contributed by atoms with Crippen LogP contribution in [-0.2, 0) is 6.54 Å². The predicted octanol–water partition coefficient (Wildman–Crippen LogP) is 0.713. The standard InChI is InChI=1S/C10H16N2O2/c1-8-6-11-10(14)12(7-8)5-3-4-9(2)13/h6-7,9,13H,3-5H2,1-2H3. The highest BCUT2D eigenvalue weighted by Gasteiger charge is 1.99. The van der Waals surface area contributed by atoms with Gasteiger partial charge in [-0.25, -0.2) is 9.78 Å². The molecule has 1 aromatic heterocycles. The van der Waals surface area contributed by atoms with E-state index in [0.29, 0.717) is 13.0 Å². The Balaban J connectivity index is 2.58. The Kier molecular flexibility index (Phi) is 3.83. The summed E-state index contributed by atoms with van der Waals surface area (Å²) in [5, 5.41) is 9.05. The Morgan fingerprint density at radius 3 is 3.00 bits per heavy atom. The van der Waals surface area contributed by atoms with Gasteiger partial charge < -0.3 is 5.11 Å². The molecular formula is C10H16N2O2. The highest BCUT2D eigenvalue weighted by molar-refractivity contribution is 4.99. The van der Waals surface area contributed by atoms with Crippen molar-refractivity contribution in [3.63, 3.8) is 0 Å². The molecule has 0 aliphatic carbocycles. The Morgan fingerprint density at radius 1 is 1.64 bits per heavy atom. The van der Waals surface area contributed by atoms with Crippen molar-refractivity contribution in [1.29, 1.82) is 0 Å². The maximum absolute atomic E-state index is 11.2. The third-order valence-electron chi connectivity index (χ3n) is 2.00. The van der Waals surface area contributed by atoms with Crippen molar-refractivity contribution in [3.8, 4) is 0 Å². The average molecular weight is 196 g/mol. The summed E-state index contributed by atoms with van der Waals surface area (Å²) in [7, 11) is 0. The summed E-state index contributed by atoms with van der Waals surface area (Å²) in [6.07, 6.45) is 4.55. The zero-order valence-electron chi connectivity index (χ0n) is 8.60. The van der Waals surface area contributed by atoms with Gasteiger partial charge in [0.05, 0.1) is 6.10 Å². The number of hydrogen-bond donors (Lipinski definition) is 1. The molecule has 0 amide bonds. The van der Waals surface area contributed by atoms with E-state index in [1.807, 2.05) is 6.92 Å². The molecule has 0 radical (unpaired) electrons. The number of aryl methyl sites for hydroxylation is 2. The molecule has 0 bridgehead atoms. The topological polar surface area (TPSA) is 55.1 Å². The van der Waals surface area contributed by atoms with Gasteiger partial charge in [0.25, 0.3) is 0 Å². The van der Waals surface area contributed by atoms with Gasteiger partial charge in [0.15, 0.2) is 0 Å². The number of aromatic nitrogens is 2. The summed E-state index contributed by atoms with van der Waals surface area (Å²) in [6, 6.07) is 0. The Morgan fingerprint density at radius 2 is 2.36 bits per heavy atom. The van der Waals surface area contributed by atoms with Crippen molar-refractivity contribution < 1.29 is 5.11 Å². The molecule has 0 saturated heterocycles. The summed E-state index contributed by atoms with van der Waals surface area (Å²) < 4.78 is 1.58. The Bertz CT molecular complexity index is 344. The highest BCUT2D eigenvalue weighted by atomic mass is 16.3. The minimum Gasteiger partial charge on any atom is -0.393 e. The zero-order chi connectivity index (χ0) is 10.6. The quantitative estimate of drug-likeness (QED) is 0.771. The smallest absolute Gasteiger partial charge is 0.347 e. The van der Waals surface area contributed by atoms with Gasteiger partial charge in [-0.3, -0.25) is 4.57 Å². The van der Waals surface area contributed by atoms with Gasteiger partial charge in [-0.15, -0.1) is 0 Å². The molecule has 14 heavy (non-hydrogen) atoms. The molecule has 0 aromatic carbocycles. The molecule has 0 saturated carbocycles.